The molecule has 1 atom stereocenters. The summed E-state index contributed by atoms with van der Waals surface area (Å²) < 4.78 is 0. The van der Waals surface area contributed by atoms with Crippen LogP contribution in [0.2, 0.25) is 0 Å². The molecule has 150 valence electrons. The minimum Gasteiger partial charge on any atom is -0.356 e. The highest BCUT2D eigenvalue weighted by Gasteiger charge is 2.25. The van der Waals surface area contributed by atoms with Crippen molar-refractivity contribution in [1.82, 2.24) is 20.4 Å². The molecule has 0 spiro atoms. The van der Waals surface area contributed by atoms with E-state index in [1.807, 2.05) is 18.4 Å². The molecule has 0 aromatic carbocycles. The largest absolute Gasteiger partial charge is 0.356 e. The van der Waals surface area contributed by atoms with Gasteiger partial charge in [0.25, 0.3) is 0 Å². The van der Waals surface area contributed by atoms with Crippen molar-refractivity contribution in [2.45, 2.75) is 32.2 Å². The lowest BCUT2D eigenvalue weighted by molar-refractivity contribution is 0.140. The summed E-state index contributed by atoms with van der Waals surface area (Å²) in [5.74, 6) is 1.77. The number of aliphatic imine (C=N–C) groups is 1. The maximum Gasteiger partial charge on any atom is 0.191 e. The molecule has 0 bridgehead atoms. The zero-order chi connectivity index (χ0) is 18.1. The fourth-order valence-corrected chi connectivity index (χ4v) is 4.11. The lowest BCUT2D eigenvalue weighted by atomic mass is 9.97. The van der Waals surface area contributed by atoms with Crippen molar-refractivity contribution in [3.8, 4) is 0 Å². The van der Waals surface area contributed by atoms with Gasteiger partial charge in [-0.2, -0.15) is 0 Å². The second-order valence-corrected chi connectivity index (χ2v) is 8.27. The summed E-state index contributed by atoms with van der Waals surface area (Å²) >= 11 is 1.86. The summed E-state index contributed by atoms with van der Waals surface area (Å²) in [6.45, 7) is 7.70. The molecule has 7 heteroatoms. The van der Waals surface area contributed by atoms with E-state index >= 15 is 0 Å². The van der Waals surface area contributed by atoms with E-state index in [0.717, 1.165) is 37.9 Å². The second-order valence-electron chi connectivity index (χ2n) is 7.29. The molecule has 26 heavy (non-hydrogen) atoms. The Labute approximate surface area is 180 Å². The Bertz CT molecular complexity index is 498. The van der Waals surface area contributed by atoms with Gasteiger partial charge >= 0.3 is 0 Å². The Morgan fingerprint density at radius 1 is 1.35 bits per heavy atom. The SMILES string of the molecule is CN=C(NCCCN(C)C)NCC(c1cccs1)N1CCC(C)CC1.I. The molecule has 0 aliphatic carbocycles. The van der Waals surface area contributed by atoms with Gasteiger partial charge < -0.3 is 15.5 Å². The van der Waals surface area contributed by atoms with Crippen LogP contribution in [0.3, 0.4) is 0 Å². The van der Waals surface area contributed by atoms with Gasteiger partial charge in [-0.25, -0.2) is 0 Å². The quantitative estimate of drug-likeness (QED) is 0.253. The molecule has 1 saturated heterocycles. The Morgan fingerprint density at radius 3 is 2.65 bits per heavy atom. The minimum atomic E-state index is 0. The Morgan fingerprint density at radius 2 is 2.08 bits per heavy atom. The molecule has 1 aromatic rings. The van der Waals surface area contributed by atoms with Gasteiger partial charge in [-0.3, -0.25) is 9.89 Å². The summed E-state index contributed by atoms with van der Waals surface area (Å²) in [5.41, 5.74) is 0. The second kappa shape index (κ2) is 12.9. The average Bonchev–Trinajstić information content (AvgIpc) is 3.12. The fraction of sp³-hybridized carbons (Fsp3) is 0.737. The molecule has 0 saturated carbocycles. The van der Waals surface area contributed by atoms with Crippen molar-refractivity contribution >= 4 is 41.3 Å². The molecule has 0 radical (unpaired) electrons. The van der Waals surface area contributed by atoms with Crippen LogP contribution in [0, 0.1) is 5.92 Å². The topological polar surface area (TPSA) is 42.9 Å². The number of thiophene rings is 1. The minimum absolute atomic E-state index is 0. The van der Waals surface area contributed by atoms with E-state index in [-0.39, 0.29) is 24.0 Å². The maximum absolute atomic E-state index is 4.38. The summed E-state index contributed by atoms with van der Waals surface area (Å²) in [5, 5.41) is 9.16. The highest BCUT2D eigenvalue weighted by molar-refractivity contribution is 14.0. The third kappa shape index (κ3) is 8.10. The number of nitrogens with one attached hydrogen (secondary N) is 2. The molecule has 1 unspecified atom stereocenters. The highest BCUT2D eigenvalue weighted by Crippen LogP contribution is 2.28. The summed E-state index contributed by atoms with van der Waals surface area (Å²) in [4.78, 5) is 10.7. The monoisotopic (exact) mass is 493 g/mol. The Kier molecular flexibility index (Phi) is 11.7. The first-order valence-corrected chi connectivity index (χ1v) is 10.3. The van der Waals surface area contributed by atoms with E-state index in [4.69, 9.17) is 0 Å². The van der Waals surface area contributed by atoms with E-state index in [1.165, 1.54) is 30.8 Å². The van der Waals surface area contributed by atoms with E-state index in [1.54, 1.807) is 0 Å². The summed E-state index contributed by atoms with van der Waals surface area (Å²) in [6.07, 6.45) is 3.73. The van der Waals surface area contributed by atoms with Crippen LogP contribution in [0.4, 0.5) is 0 Å². The first-order chi connectivity index (χ1) is 12.1. The fourth-order valence-electron chi connectivity index (χ4n) is 3.25. The van der Waals surface area contributed by atoms with Crippen molar-refractivity contribution in [2.24, 2.45) is 10.9 Å². The first kappa shape index (κ1) is 23.7. The normalized spacial score (nSPS) is 17.8. The molecule has 1 aromatic heterocycles. The van der Waals surface area contributed by atoms with Gasteiger partial charge in [0.15, 0.2) is 5.96 Å². The molecular formula is C19H36IN5S. The van der Waals surface area contributed by atoms with Gasteiger partial charge in [0.2, 0.25) is 0 Å². The molecule has 0 amide bonds. The van der Waals surface area contributed by atoms with Crippen molar-refractivity contribution < 1.29 is 0 Å². The summed E-state index contributed by atoms with van der Waals surface area (Å²) in [7, 11) is 6.07. The van der Waals surface area contributed by atoms with Crippen LogP contribution in [0.15, 0.2) is 22.5 Å². The van der Waals surface area contributed by atoms with Crippen LogP contribution in [0.1, 0.15) is 37.1 Å². The average molecular weight is 494 g/mol. The predicted octanol–water partition coefficient (Wildman–Crippen LogP) is 3.26. The zero-order valence-electron chi connectivity index (χ0n) is 16.7. The van der Waals surface area contributed by atoms with Gasteiger partial charge in [-0.05, 0) is 70.4 Å². The third-order valence-electron chi connectivity index (χ3n) is 4.89. The molecule has 2 N–H and O–H groups in total. The molecule has 1 fully saturated rings. The van der Waals surface area contributed by atoms with Crippen LogP contribution in [0.25, 0.3) is 0 Å². The molecule has 1 aliphatic heterocycles. The number of hydrogen-bond donors (Lipinski definition) is 2. The third-order valence-corrected chi connectivity index (χ3v) is 5.87. The van der Waals surface area contributed by atoms with Crippen LogP contribution in [0.5, 0.6) is 0 Å². The lowest BCUT2D eigenvalue weighted by Gasteiger charge is -2.36. The summed E-state index contributed by atoms with van der Waals surface area (Å²) in [6, 6.07) is 4.86. The van der Waals surface area contributed by atoms with Gasteiger partial charge in [0.1, 0.15) is 0 Å². The van der Waals surface area contributed by atoms with Crippen LogP contribution >= 0.6 is 35.3 Å². The van der Waals surface area contributed by atoms with E-state index in [9.17, 15) is 0 Å². The van der Waals surface area contributed by atoms with Gasteiger partial charge in [0.05, 0.1) is 6.04 Å². The predicted molar refractivity (Wildman–Crippen MR) is 125 cm³/mol. The van der Waals surface area contributed by atoms with Crippen LogP contribution in [-0.2, 0) is 0 Å². The number of likely N-dealkylation sites (tertiary alicyclic amines) is 1. The number of rotatable bonds is 8. The number of piperidine rings is 1. The maximum atomic E-state index is 4.38. The zero-order valence-corrected chi connectivity index (χ0v) is 19.8. The number of halogens is 1. The van der Waals surface area contributed by atoms with E-state index in [0.29, 0.717) is 6.04 Å². The first-order valence-electron chi connectivity index (χ1n) is 9.47. The van der Waals surface area contributed by atoms with Crippen molar-refractivity contribution in [2.75, 3.05) is 53.9 Å². The molecular weight excluding hydrogens is 457 g/mol. The van der Waals surface area contributed by atoms with Crippen LogP contribution < -0.4 is 10.6 Å². The van der Waals surface area contributed by atoms with Gasteiger partial charge in [0, 0.05) is 25.0 Å². The molecule has 1 aliphatic rings. The number of guanidine groups is 1. The van der Waals surface area contributed by atoms with E-state index in [2.05, 4.69) is 64.0 Å². The number of nitrogens with zero attached hydrogens (tertiary/aromatic N) is 3. The smallest absolute Gasteiger partial charge is 0.191 e. The van der Waals surface area contributed by atoms with Crippen molar-refractivity contribution in [3.05, 3.63) is 22.4 Å². The van der Waals surface area contributed by atoms with Gasteiger partial charge in [-0.15, -0.1) is 35.3 Å². The highest BCUT2D eigenvalue weighted by atomic mass is 127. The Hall–Kier alpha value is -0.380. The lowest BCUT2D eigenvalue weighted by Crippen LogP contribution is -2.45. The van der Waals surface area contributed by atoms with Gasteiger partial charge in [-0.1, -0.05) is 13.0 Å². The molecule has 2 rings (SSSR count). The molecule has 2 heterocycles. The molecule has 5 nitrogen and oxygen atoms in total. The van der Waals surface area contributed by atoms with Crippen LogP contribution in [-0.4, -0.2) is 69.6 Å². The van der Waals surface area contributed by atoms with E-state index < -0.39 is 0 Å². The Balaban J connectivity index is 0.00000338. The van der Waals surface area contributed by atoms with Crippen molar-refractivity contribution in [1.29, 1.82) is 0 Å². The standard InChI is InChI=1S/C19H35N5S.HI/c1-16-8-12-24(13-9-16)17(18-7-5-14-25-18)15-22-19(20-2)21-10-6-11-23(3)4;/h5,7,14,16-17H,6,8-13,15H2,1-4H3,(H2,20,21,22);1H. The number of hydrogen-bond acceptors (Lipinski definition) is 4. The van der Waals surface area contributed by atoms with Crippen molar-refractivity contribution in [3.63, 3.8) is 0 Å².